The van der Waals surface area contributed by atoms with Crippen LogP contribution in [0.15, 0.2) is 30.3 Å². The van der Waals surface area contributed by atoms with Gasteiger partial charge in [0, 0.05) is 19.3 Å². The highest BCUT2D eigenvalue weighted by atomic mass is 16.5. The maximum Gasteiger partial charge on any atom is 0.0479 e. The number of hydrogen-bond acceptors (Lipinski definition) is 2. The molecule has 0 aliphatic carbocycles. The molecule has 2 nitrogen and oxygen atoms in total. The van der Waals surface area contributed by atoms with E-state index in [-0.39, 0.29) is 5.54 Å². The van der Waals surface area contributed by atoms with Gasteiger partial charge in [0.1, 0.15) is 0 Å². The molecule has 1 unspecified atom stereocenters. The minimum absolute atomic E-state index is 0.169. The van der Waals surface area contributed by atoms with Crippen LogP contribution in [0.2, 0.25) is 0 Å². The predicted molar refractivity (Wildman–Crippen MR) is 59.2 cm³/mol. The van der Waals surface area contributed by atoms with E-state index in [1.807, 2.05) is 18.2 Å². The molecule has 0 saturated heterocycles. The number of benzene rings is 1. The summed E-state index contributed by atoms with van der Waals surface area (Å²) in [5, 5.41) is 0. The molecule has 0 aliphatic rings. The van der Waals surface area contributed by atoms with Crippen molar-refractivity contribution in [3.05, 3.63) is 35.9 Å². The lowest BCUT2D eigenvalue weighted by atomic mass is 9.91. The Labute approximate surface area is 86.1 Å². The van der Waals surface area contributed by atoms with E-state index in [9.17, 15) is 0 Å². The number of hydrogen-bond donors (Lipinski definition) is 1. The van der Waals surface area contributed by atoms with E-state index in [4.69, 9.17) is 10.5 Å². The third-order valence-electron chi connectivity index (χ3n) is 2.33. The molecule has 1 aromatic carbocycles. The molecule has 78 valence electrons. The van der Waals surface area contributed by atoms with Gasteiger partial charge in [0.2, 0.25) is 0 Å². The van der Waals surface area contributed by atoms with Crippen molar-refractivity contribution in [3.8, 4) is 0 Å². The van der Waals surface area contributed by atoms with Crippen LogP contribution in [-0.2, 0) is 11.2 Å². The maximum absolute atomic E-state index is 6.15. The van der Waals surface area contributed by atoms with Crippen LogP contribution in [0.4, 0.5) is 0 Å². The summed E-state index contributed by atoms with van der Waals surface area (Å²) in [4.78, 5) is 0. The summed E-state index contributed by atoms with van der Waals surface area (Å²) in [5.41, 5.74) is 7.27. The van der Waals surface area contributed by atoms with Crippen LogP contribution in [0.5, 0.6) is 0 Å². The summed E-state index contributed by atoms with van der Waals surface area (Å²) in [6.45, 7) is 2.79. The summed E-state index contributed by atoms with van der Waals surface area (Å²) < 4.78 is 5.04. The average molecular weight is 193 g/mol. The van der Waals surface area contributed by atoms with Crippen LogP contribution >= 0.6 is 0 Å². The summed E-state index contributed by atoms with van der Waals surface area (Å²) in [7, 11) is 1.71. The van der Waals surface area contributed by atoms with Crippen molar-refractivity contribution < 1.29 is 4.74 Å². The number of ether oxygens (including phenoxy) is 1. The molecular formula is C12H19NO. The Morgan fingerprint density at radius 3 is 2.50 bits per heavy atom. The first-order valence-electron chi connectivity index (χ1n) is 4.96. The van der Waals surface area contributed by atoms with Crippen molar-refractivity contribution in [2.45, 2.75) is 25.3 Å². The zero-order valence-corrected chi connectivity index (χ0v) is 8.99. The quantitative estimate of drug-likeness (QED) is 0.776. The van der Waals surface area contributed by atoms with Gasteiger partial charge in [-0.1, -0.05) is 30.3 Å². The fourth-order valence-electron chi connectivity index (χ4n) is 1.49. The van der Waals surface area contributed by atoms with Crippen LogP contribution in [-0.4, -0.2) is 19.3 Å². The second kappa shape index (κ2) is 5.13. The summed E-state index contributed by atoms with van der Waals surface area (Å²) in [6, 6.07) is 10.3. The minimum atomic E-state index is -0.169. The van der Waals surface area contributed by atoms with Gasteiger partial charge in [0.05, 0.1) is 0 Å². The highest BCUT2D eigenvalue weighted by Gasteiger charge is 2.18. The smallest absolute Gasteiger partial charge is 0.0479 e. The number of nitrogens with two attached hydrogens (primary N) is 1. The molecule has 0 spiro atoms. The van der Waals surface area contributed by atoms with Crippen LogP contribution in [0.25, 0.3) is 0 Å². The van der Waals surface area contributed by atoms with Gasteiger partial charge < -0.3 is 10.5 Å². The number of methoxy groups -OCH3 is 1. The van der Waals surface area contributed by atoms with E-state index < -0.39 is 0 Å². The molecule has 14 heavy (non-hydrogen) atoms. The molecule has 0 heterocycles. The SMILES string of the molecule is COCCC(C)(N)Cc1ccccc1. The fourth-order valence-corrected chi connectivity index (χ4v) is 1.49. The molecule has 1 rings (SSSR count). The Hall–Kier alpha value is -0.860. The minimum Gasteiger partial charge on any atom is -0.385 e. The van der Waals surface area contributed by atoms with E-state index in [0.29, 0.717) is 0 Å². The normalized spacial score (nSPS) is 15.1. The molecule has 0 amide bonds. The lowest BCUT2D eigenvalue weighted by Gasteiger charge is -2.24. The van der Waals surface area contributed by atoms with Gasteiger partial charge in [-0.05, 0) is 25.3 Å². The zero-order chi connectivity index (χ0) is 10.4. The van der Waals surface area contributed by atoms with Gasteiger partial charge in [-0.3, -0.25) is 0 Å². The molecule has 2 N–H and O–H groups in total. The van der Waals surface area contributed by atoms with E-state index in [2.05, 4.69) is 19.1 Å². The first-order valence-corrected chi connectivity index (χ1v) is 4.96. The first kappa shape index (κ1) is 11.2. The molecule has 0 aliphatic heterocycles. The van der Waals surface area contributed by atoms with Gasteiger partial charge in [0.15, 0.2) is 0 Å². The lowest BCUT2D eigenvalue weighted by molar-refractivity contribution is 0.171. The molecule has 1 atom stereocenters. The number of rotatable bonds is 5. The van der Waals surface area contributed by atoms with Crippen molar-refractivity contribution in [1.29, 1.82) is 0 Å². The highest BCUT2D eigenvalue weighted by Crippen LogP contribution is 2.13. The molecule has 0 bridgehead atoms. The molecule has 1 aromatic rings. The summed E-state index contributed by atoms with van der Waals surface area (Å²) in [5.74, 6) is 0. The van der Waals surface area contributed by atoms with Gasteiger partial charge in [0.25, 0.3) is 0 Å². The summed E-state index contributed by atoms with van der Waals surface area (Å²) >= 11 is 0. The maximum atomic E-state index is 6.15. The Bertz CT molecular complexity index is 256. The fraction of sp³-hybridized carbons (Fsp3) is 0.500. The third-order valence-corrected chi connectivity index (χ3v) is 2.33. The van der Waals surface area contributed by atoms with Gasteiger partial charge in [-0.25, -0.2) is 0 Å². The molecule has 0 saturated carbocycles. The Kier molecular flexibility index (Phi) is 4.11. The van der Waals surface area contributed by atoms with Crippen molar-refractivity contribution in [2.75, 3.05) is 13.7 Å². The molecule has 0 aromatic heterocycles. The molecule has 2 heteroatoms. The molecule has 0 fully saturated rings. The Balaban J connectivity index is 2.50. The van der Waals surface area contributed by atoms with Crippen molar-refractivity contribution in [2.24, 2.45) is 5.73 Å². The monoisotopic (exact) mass is 193 g/mol. The van der Waals surface area contributed by atoms with E-state index in [1.165, 1.54) is 5.56 Å². The van der Waals surface area contributed by atoms with Crippen molar-refractivity contribution in [1.82, 2.24) is 0 Å². The lowest BCUT2D eigenvalue weighted by Crippen LogP contribution is -2.39. The van der Waals surface area contributed by atoms with Gasteiger partial charge >= 0.3 is 0 Å². The van der Waals surface area contributed by atoms with Gasteiger partial charge in [-0.2, -0.15) is 0 Å². The van der Waals surface area contributed by atoms with Crippen LogP contribution in [0, 0.1) is 0 Å². The summed E-state index contributed by atoms with van der Waals surface area (Å²) in [6.07, 6.45) is 1.79. The van der Waals surface area contributed by atoms with E-state index >= 15 is 0 Å². The second-order valence-corrected chi connectivity index (χ2v) is 4.06. The predicted octanol–water partition coefficient (Wildman–Crippen LogP) is 1.98. The van der Waals surface area contributed by atoms with E-state index in [0.717, 1.165) is 19.4 Å². The Morgan fingerprint density at radius 2 is 1.93 bits per heavy atom. The van der Waals surface area contributed by atoms with Gasteiger partial charge in [-0.15, -0.1) is 0 Å². The van der Waals surface area contributed by atoms with E-state index in [1.54, 1.807) is 7.11 Å². The topological polar surface area (TPSA) is 35.2 Å². The van der Waals surface area contributed by atoms with Crippen LogP contribution in [0.3, 0.4) is 0 Å². The third kappa shape index (κ3) is 3.90. The highest BCUT2D eigenvalue weighted by molar-refractivity contribution is 5.17. The van der Waals surface area contributed by atoms with Crippen LogP contribution < -0.4 is 5.73 Å². The Morgan fingerprint density at radius 1 is 1.29 bits per heavy atom. The van der Waals surface area contributed by atoms with Crippen LogP contribution in [0.1, 0.15) is 18.9 Å². The van der Waals surface area contributed by atoms with Crippen molar-refractivity contribution >= 4 is 0 Å². The average Bonchev–Trinajstić information content (AvgIpc) is 2.16. The largest absolute Gasteiger partial charge is 0.385 e. The zero-order valence-electron chi connectivity index (χ0n) is 8.99. The first-order chi connectivity index (χ1) is 6.64. The standard InChI is InChI=1S/C12H19NO/c1-12(13,8-9-14-2)10-11-6-4-3-5-7-11/h3-7H,8-10,13H2,1-2H3. The second-order valence-electron chi connectivity index (χ2n) is 4.06. The molecule has 0 radical (unpaired) electrons. The molecular weight excluding hydrogens is 174 g/mol. The van der Waals surface area contributed by atoms with Crippen molar-refractivity contribution in [3.63, 3.8) is 0 Å².